The summed E-state index contributed by atoms with van der Waals surface area (Å²) in [5.74, 6) is 1.58. The van der Waals surface area contributed by atoms with Gasteiger partial charge in [-0.05, 0) is 18.3 Å². The van der Waals surface area contributed by atoms with Crippen LogP contribution in [0.5, 0.6) is 11.6 Å². The number of aromatic nitrogens is 2. The molecule has 2 aromatic rings. The van der Waals surface area contributed by atoms with E-state index in [0.717, 1.165) is 11.3 Å². The van der Waals surface area contributed by atoms with Gasteiger partial charge in [0.1, 0.15) is 5.75 Å². The molecule has 0 amide bonds. The summed E-state index contributed by atoms with van der Waals surface area (Å²) >= 11 is 5.31. The quantitative estimate of drug-likeness (QED) is 0.697. The predicted molar refractivity (Wildman–Crippen MR) is 84.3 cm³/mol. The van der Waals surface area contributed by atoms with E-state index in [1.54, 1.807) is 11.6 Å². The van der Waals surface area contributed by atoms with Gasteiger partial charge in [0.25, 0.3) is 5.56 Å². The van der Waals surface area contributed by atoms with E-state index in [1.165, 1.54) is 4.57 Å². The van der Waals surface area contributed by atoms with Crippen molar-refractivity contribution in [2.24, 2.45) is 20.0 Å². The highest BCUT2D eigenvalue weighted by Crippen LogP contribution is 2.45. The molecule has 1 aromatic heterocycles. The molecule has 0 saturated carbocycles. The number of rotatable bonds is 0. The molecular formula is C16H16N2O3S. The highest BCUT2D eigenvalue weighted by molar-refractivity contribution is 7.71. The van der Waals surface area contributed by atoms with Crippen molar-refractivity contribution in [1.29, 1.82) is 0 Å². The molecule has 0 aliphatic carbocycles. The number of hydrogen-bond donors (Lipinski definition) is 0. The Labute approximate surface area is 132 Å². The standard InChI is InChI=1S/C16H16N2O3S/c1-17-14(19)13-12-9(8-21-15(13)18(2)16(17)22)7-20-11-6-4-3-5-10(11)12/h3-6,9,12H,7-8H2,1-2H3/t9-,12+/m1/s1. The van der Waals surface area contributed by atoms with Crippen molar-refractivity contribution in [3.8, 4) is 11.6 Å². The molecule has 0 radical (unpaired) electrons. The molecule has 0 fully saturated rings. The number of ether oxygens (including phenoxy) is 2. The maximum absolute atomic E-state index is 12.8. The number of para-hydroxylation sites is 1. The third-order valence-electron chi connectivity index (χ3n) is 4.57. The molecule has 2 aliphatic rings. The largest absolute Gasteiger partial charge is 0.493 e. The molecule has 114 valence electrons. The van der Waals surface area contributed by atoms with Crippen molar-refractivity contribution >= 4 is 12.2 Å². The number of fused-ring (bicyclic) bond motifs is 5. The maximum Gasteiger partial charge on any atom is 0.261 e. The van der Waals surface area contributed by atoms with Crippen LogP contribution in [-0.4, -0.2) is 22.3 Å². The molecule has 2 atom stereocenters. The van der Waals surface area contributed by atoms with Crippen LogP contribution in [0.1, 0.15) is 17.0 Å². The van der Waals surface area contributed by atoms with E-state index < -0.39 is 0 Å². The average molecular weight is 316 g/mol. The molecule has 5 nitrogen and oxygen atoms in total. The van der Waals surface area contributed by atoms with Crippen LogP contribution < -0.4 is 15.0 Å². The second kappa shape index (κ2) is 4.71. The first kappa shape index (κ1) is 13.6. The van der Waals surface area contributed by atoms with E-state index in [2.05, 4.69) is 0 Å². The van der Waals surface area contributed by atoms with Gasteiger partial charge in [0.2, 0.25) is 5.88 Å². The SMILES string of the molecule is Cn1c2c(c(=O)n(C)c1=S)[C@@H]1c3ccccc3OC[C@@H]1CO2. The third-order valence-corrected chi connectivity index (χ3v) is 5.12. The lowest BCUT2D eigenvalue weighted by molar-refractivity contribution is 0.116. The van der Waals surface area contributed by atoms with Gasteiger partial charge in [-0.3, -0.25) is 13.9 Å². The Morgan fingerprint density at radius 2 is 1.86 bits per heavy atom. The first-order valence-corrected chi connectivity index (χ1v) is 7.65. The summed E-state index contributed by atoms with van der Waals surface area (Å²) in [5.41, 5.74) is 1.66. The zero-order chi connectivity index (χ0) is 15.4. The van der Waals surface area contributed by atoms with Crippen LogP contribution in [0.3, 0.4) is 0 Å². The lowest BCUT2D eigenvalue weighted by Gasteiger charge is -2.38. The highest BCUT2D eigenvalue weighted by Gasteiger charge is 2.40. The zero-order valence-electron chi connectivity index (χ0n) is 12.4. The van der Waals surface area contributed by atoms with E-state index in [4.69, 9.17) is 21.7 Å². The van der Waals surface area contributed by atoms with Crippen molar-refractivity contribution < 1.29 is 9.47 Å². The number of nitrogens with zero attached hydrogens (tertiary/aromatic N) is 2. The second-order valence-electron chi connectivity index (χ2n) is 5.82. The van der Waals surface area contributed by atoms with Crippen molar-refractivity contribution in [1.82, 2.24) is 9.13 Å². The molecule has 0 spiro atoms. The van der Waals surface area contributed by atoms with E-state index in [1.807, 2.05) is 31.3 Å². The summed E-state index contributed by atoms with van der Waals surface area (Å²) in [4.78, 5) is 12.8. The van der Waals surface area contributed by atoms with Gasteiger partial charge in [0.05, 0.1) is 18.8 Å². The minimum atomic E-state index is -0.0792. The van der Waals surface area contributed by atoms with Crippen LogP contribution >= 0.6 is 12.2 Å². The van der Waals surface area contributed by atoms with Crippen molar-refractivity contribution in [3.63, 3.8) is 0 Å². The Morgan fingerprint density at radius 1 is 1.14 bits per heavy atom. The molecule has 0 unspecified atom stereocenters. The van der Waals surface area contributed by atoms with Crippen molar-refractivity contribution in [2.45, 2.75) is 5.92 Å². The molecule has 1 aromatic carbocycles. The van der Waals surface area contributed by atoms with Crippen LogP contribution in [-0.2, 0) is 14.1 Å². The fraction of sp³-hybridized carbons (Fsp3) is 0.375. The molecule has 0 N–H and O–H groups in total. The molecule has 0 bridgehead atoms. The zero-order valence-corrected chi connectivity index (χ0v) is 13.2. The minimum Gasteiger partial charge on any atom is -0.493 e. The molecule has 3 heterocycles. The van der Waals surface area contributed by atoms with Gasteiger partial charge in [-0.1, -0.05) is 18.2 Å². The fourth-order valence-corrected chi connectivity index (χ4v) is 3.60. The summed E-state index contributed by atoms with van der Waals surface area (Å²) in [7, 11) is 3.55. The Morgan fingerprint density at radius 3 is 2.68 bits per heavy atom. The summed E-state index contributed by atoms with van der Waals surface area (Å²) in [6, 6.07) is 7.91. The smallest absolute Gasteiger partial charge is 0.261 e. The van der Waals surface area contributed by atoms with Gasteiger partial charge in [0.15, 0.2) is 4.77 Å². The van der Waals surface area contributed by atoms with E-state index in [-0.39, 0.29) is 17.4 Å². The molecule has 22 heavy (non-hydrogen) atoms. The van der Waals surface area contributed by atoms with Crippen LogP contribution in [0, 0.1) is 10.7 Å². The van der Waals surface area contributed by atoms with Gasteiger partial charge >= 0.3 is 0 Å². The van der Waals surface area contributed by atoms with Gasteiger partial charge in [-0.15, -0.1) is 0 Å². The second-order valence-corrected chi connectivity index (χ2v) is 6.19. The lowest BCUT2D eigenvalue weighted by atomic mass is 9.79. The Kier molecular flexibility index (Phi) is 2.91. The number of hydrogen-bond acceptors (Lipinski definition) is 4. The summed E-state index contributed by atoms with van der Waals surface area (Å²) < 4.78 is 15.4. The van der Waals surface area contributed by atoms with Gasteiger partial charge in [-0.2, -0.15) is 0 Å². The van der Waals surface area contributed by atoms with E-state index in [0.29, 0.717) is 29.4 Å². The third kappa shape index (κ3) is 1.70. The number of benzene rings is 1. The van der Waals surface area contributed by atoms with E-state index in [9.17, 15) is 4.79 Å². The summed E-state index contributed by atoms with van der Waals surface area (Å²) in [5, 5.41) is 0. The Bertz CT molecular complexity index is 884. The molecule has 2 aliphatic heterocycles. The van der Waals surface area contributed by atoms with Crippen LogP contribution in [0.2, 0.25) is 0 Å². The molecule has 0 saturated heterocycles. The van der Waals surface area contributed by atoms with Gasteiger partial charge < -0.3 is 9.47 Å². The molecule has 6 heteroatoms. The summed E-state index contributed by atoms with van der Waals surface area (Å²) in [6.45, 7) is 1.09. The monoisotopic (exact) mass is 316 g/mol. The minimum absolute atomic E-state index is 0.00537. The lowest BCUT2D eigenvalue weighted by Crippen LogP contribution is -2.41. The maximum atomic E-state index is 12.8. The van der Waals surface area contributed by atoms with Crippen LogP contribution in [0.25, 0.3) is 0 Å². The first-order chi connectivity index (χ1) is 10.6. The topological polar surface area (TPSA) is 45.4 Å². The average Bonchev–Trinajstić information content (AvgIpc) is 2.56. The Balaban J connectivity index is 2.05. The summed E-state index contributed by atoms with van der Waals surface area (Å²) in [6.07, 6.45) is 0. The first-order valence-electron chi connectivity index (χ1n) is 7.24. The van der Waals surface area contributed by atoms with Gasteiger partial charge in [-0.25, -0.2) is 0 Å². The van der Waals surface area contributed by atoms with Crippen molar-refractivity contribution in [2.75, 3.05) is 13.2 Å². The van der Waals surface area contributed by atoms with Crippen LogP contribution in [0.4, 0.5) is 0 Å². The van der Waals surface area contributed by atoms with Gasteiger partial charge in [0, 0.05) is 31.5 Å². The predicted octanol–water partition coefficient (Wildman–Crippen LogP) is 1.99. The van der Waals surface area contributed by atoms with E-state index >= 15 is 0 Å². The molecular weight excluding hydrogens is 300 g/mol. The highest BCUT2D eigenvalue weighted by atomic mass is 32.1. The Hall–Kier alpha value is -2.08. The molecule has 4 rings (SSSR count). The van der Waals surface area contributed by atoms with Crippen molar-refractivity contribution in [3.05, 3.63) is 50.5 Å². The fourth-order valence-electron chi connectivity index (χ4n) is 3.43. The normalized spacial score (nSPS) is 21.9. The van der Waals surface area contributed by atoms with Crippen LogP contribution in [0.15, 0.2) is 29.1 Å².